The van der Waals surface area contributed by atoms with Gasteiger partial charge < -0.3 is 9.73 Å². The molecule has 23 heavy (non-hydrogen) atoms. The van der Waals surface area contributed by atoms with Crippen LogP contribution in [0.1, 0.15) is 28.9 Å². The van der Waals surface area contributed by atoms with Crippen LogP contribution in [0.25, 0.3) is 11.0 Å². The number of hydrogen-bond acceptors (Lipinski definition) is 3. The number of hydrogen-bond donors (Lipinski definition) is 1. The second-order valence-electron chi connectivity index (χ2n) is 5.24. The van der Waals surface area contributed by atoms with Gasteiger partial charge in [0.05, 0.1) is 6.04 Å². The van der Waals surface area contributed by atoms with Gasteiger partial charge in [-0.05, 0) is 36.8 Å². The molecule has 1 amide bonds. The SMILES string of the molecule is C[C@@H](NC(=O)c1cc2cc(Cl)ccc2oc1=O)c1ccccc1. The van der Waals surface area contributed by atoms with Crippen LogP contribution in [0.5, 0.6) is 0 Å². The van der Waals surface area contributed by atoms with Crippen LogP contribution in [0.4, 0.5) is 0 Å². The molecular formula is C18H14ClNO3. The molecule has 0 spiro atoms. The Morgan fingerprint density at radius 2 is 1.87 bits per heavy atom. The maximum atomic E-state index is 12.4. The van der Waals surface area contributed by atoms with Crippen molar-refractivity contribution in [2.45, 2.75) is 13.0 Å². The first-order valence-corrected chi connectivity index (χ1v) is 7.51. The van der Waals surface area contributed by atoms with Crippen LogP contribution in [-0.4, -0.2) is 5.91 Å². The standard InChI is InChI=1S/C18H14ClNO3/c1-11(12-5-3-2-4-6-12)20-17(21)15-10-13-9-14(19)7-8-16(13)23-18(15)22/h2-11H,1H3,(H,20,21)/t11-/m1/s1. The fraction of sp³-hybridized carbons (Fsp3) is 0.111. The Bertz CT molecular complexity index is 918. The van der Waals surface area contributed by atoms with E-state index < -0.39 is 11.5 Å². The van der Waals surface area contributed by atoms with Gasteiger partial charge in [-0.25, -0.2) is 4.79 Å². The van der Waals surface area contributed by atoms with Crippen molar-refractivity contribution in [3.63, 3.8) is 0 Å². The van der Waals surface area contributed by atoms with Crippen LogP contribution >= 0.6 is 11.6 Å². The molecule has 3 aromatic rings. The number of nitrogens with one attached hydrogen (secondary N) is 1. The molecule has 0 aliphatic rings. The first-order chi connectivity index (χ1) is 11.0. The zero-order valence-electron chi connectivity index (χ0n) is 12.4. The Hall–Kier alpha value is -2.59. The number of halogens is 1. The molecule has 0 saturated heterocycles. The van der Waals surface area contributed by atoms with E-state index in [0.29, 0.717) is 16.0 Å². The van der Waals surface area contributed by atoms with Gasteiger partial charge in [-0.15, -0.1) is 0 Å². The van der Waals surface area contributed by atoms with Gasteiger partial charge in [0.1, 0.15) is 11.1 Å². The summed E-state index contributed by atoms with van der Waals surface area (Å²) in [6.07, 6.45) is 0. The van der Waals surface area contributed by atoms with Crippen LogP contribution in [0.3, 0.4) is 0 Å². The lowest BCUT2D eigenvalue weighted by Gasteiger charge is -2.14. The third-order valence-corrected chi connectivity index (χ3v) is 3.82. The minimum absolute atomic E-state index is 0.0393. The molecule has 116 valence electrons. The molecular weight excluding hydrogens is 314 g/mol. The van der Waals surface area contributed by atoms with Crippen LogP contribution in [0.15, 0.2) is 63.8 Å². The normalized spacial score (nSPS) is 12.1. The van der Waals surface area contributed by atoms with Gasteiger partial charge in [-0.1, -0.05) is 41.9 Å². The molecule has 1 heterocycles. The summed E-state index contributed by atoms with van der Waals surface area (Å²) < 4.78 is 5.18. The Morgan fingerprint density at radius 3 is 2.61 bits per heavy atom. The van der Waals surface area contributed by atoms with E-state index >= 15 is 0 Å². The monoisotopic (exact) mass is 327 g/mol. The van der Waals surface area contributed by atoms with E-state index in [2.05, 4.69) is 5.32 Å². The van der Waals surface area contributed by atoms with Gasteiger partial charge in [0.25, 0.3) is 5.91 Å². The average molecular weight is 328 g/mol. The Balaban J connectivity index is 1.91. The first kappa shape index (κ1) is 15.3. The van der Waals surface area contributed by atoms with Crippen molar-refractivity contribution in [2.24, 2.45) is 0 Å². The number of amides is 1. The van der Waals surface area contributed by atoms with E-state index in [1.807, 2.05) is 37.3 Å². The summed E-state index contributed by atoms with van der Waals surface area (Å²) in [5, 5.41) is 3.92. The second-order valence-corrected chi connectivity index (χ2v) is 5.67. The largest absolute Gasteiger partial charge is 0.422 e. The van der Waals surface area contributed by atoms with Crippen LogP contribution in [0, 0.1) is 0 Å². The van der Waals surface area contributed by atoms with E-state index in [1.165, 1.54) is 6.07 Å². The molecule has 0 unspecified atom stereocenters. The topological polar surface area (TPSA) is 59.3 Å². The predicted octanol–water partition coefficient (Wildman–Crippen LogP) is 3.94. The highest BCUT2D eigenvalue weighted by molar-refractivity contribution is 6.31. The fourth-order valence-electron chi connectivity index (χ4n) is 2.35. The van der Waals surface area contributed by atoms with E-state index in [0.717, 1.165) is 5.56 Å². The molecule has 0 saturated carbocycles. The van der Waals surface area contributed by atoms with Crippen molar-refractivity contribution in [2.75, 3.05) is 0 Å². The van der Waals surface area contributed by atoms with Crippen molar-refractivity contribution >= 4 is 28.5 Å². The molecule has 0 bridgehead atoms. The van der Waals surface area contributed by atoms with Crippen molar-refractivity contribution in [1.82, 2.24) is 5.32 Å². The predicted molar refractivity (Wildman–Crippen MR) is 89.8 cm³/mol. The van der Waals surface area contributed by atoms with Gasteiger partial charge in [0, 0.05) is 10.4 Å². The van der Waals surface area contributed by atoms with E-state index in [-0.39, 0.29) is 11.6 Å². The minimum Gasteiger partial charge on any atom is -0.422 e. The highest BCUT2D eigenvalue weighted by Crippen LogP contribution is 2.19. The molecule has 0 radical (unpaired) electrons. The third-order valence-electron chi connectivity index (χ3n) is 3.59. The first-order valence-electron chi connectivity index (χ1n) is 7.14. The van der Waals surface area contributed by atoms with Crippen molar-refractivity contribution in [3.8, 4) is 0 Å². The van der Waals surface area contributed by atoms with Crippen LogP contribution < -0.4 is 10.9 Å². The van der Waals surface area contributed by atoms with Crippen LogP contribution in [-0.2, 0) is 0 Å². The fourth-order valence-corrected chi connectivity index (χ4v) is 2.53. The van der Waals surface area contributed by atoms with Gasteiger partial charge >= 0.3 is 5.63 Å². The molecule has 3 rings (SSSR count). The molecule has 1 aromatic heterocycles. The summed E-state index contributed by atoms with van der Waals surface area (Å²) >= 11 is 5.93. The van der Waals surface area contributed by atoms with Gasteiger partial charge in [0.15, 0.2) is 0 Å². The summed E-state index contributed by atoms with van der Waals surface area (Å²) in [7, 11) is 0. The summed E-state index contributed by atoms with van der Waals surface area (Å²) in [5.41, 5.74) is 0.640. The summed E-state index contributed by atoms with van der Waals surface area (Å²) in [6.45, 7) is 1.85. The molecule has 0 fully saturated rings. The average Bonchev–Trinajstić information content (AvgIpc) is 2.55. The maximum absolute atomic E-state index is 12.4. The van der Waals surface area contributed by atoms with Crippen molar-refractivity contribution in [3.05, 3.63) is 81.2 Å². The third kappa shape index (κ3) is 3.27. The second kappa shape index (κ2) is 6.26. The summed E-state index contributed by atoms with van der Waals surface area (Å²) in [5.74, 6) is -0.475. The highest BCUT2D eigenvalue weighted by atomic mass is 35.5. The molecule has 0 aliphatic heterocycles. The maximum Gasteiger partial charge on any atom is 0.349 e. The van der Waals surface area contributed by atoms with Gasteiger partial charge in [-0.2, -0.15) is 0 Å². The quantitative estimate of drug-likeness (QED) is 0.741. The van der Waals surface area contributed by atoms with Crippen molar-refractivity contribution in [1.29, 1.82) is 0 Å². The minimum atomic E-state index is -0.669. The molecule has 0 aliphatic carbocycles. The van der Waals surface area contributed by atoms with E-state index in [9.17, 15) is 9.59 Å². The Kier molecular flexibility index (Phi) is 4.17. The summed E-state index contributed by atoms with van der Waals surface area (Å²) in [6, 6.07) is 15.7. The number of rotatable bonds is 3. The lowest BCUT2D eigenvalue weighted by Crippen LogP contribution is -2.30. The molecule has 5 heteroatoms. The number of carbonyl (C=O) groups excluding carboxylic acids is 1. The summed E-state index contributed by atoms with van der Waals surface area (Å²) in [4.78, 5) is 24.4. The zero-order valence-corrected chi connectivity index (χ0v) is 13.1. The molecule has 1 N–H and O–H groups in total. The molecule has 4 nitrogen and oxygen atoms in total. The molecule has 1 atom stereocenters. The van der Waals surface area contributed by atoms with E-state index in [1.54, 1.807) is 18.2 Å². The van der Waals surface area contributed by atoms with Gasteiger partial charge in [-0.3, -0.25) is 4.79 Å². The Labute approximate surface area is 137 Å². The van der Waals surface area contributed by atoms with Crippen molar-refractivity contribution < 1.29 is 9.21 Å². The van der Waals surface area contributed by atoms with Crippen LogP contribution in [0.2, 0.25) is 5.02 Å². The number of carbonyl (C=O) groups is 1. The lowest BCUT2D eigenvalue weighted by atomic mass is 10.1. The number of fused-ring (bicyclic) bond motifs is 1. The highest BCUT2D eigenvalue weighted by Gasteiger charge is 2.16. The smallest absolute Gasteiger partial charge is 0.349 e. The lowest BCUT2D eigenvalue weighted by molar-refractivity contribution is 0.0936. The number of benzene rings is 2. The van der Waals surface area contributed by atoms with E-state index in [4.69, 9.17) is 16.0 Å². The zero-order chi connectivity index (χ0) is 16.4. The van der Waals surface area contributed by atoms with Gasteiger partial charge in [0.2, 0.25) is 0 Å². The Morgan fingerprint density at radius 1 is 1.13 bits per heavy atom. The molecule has 2 aromatic carbocycles.